The Kier molecular flexibility index (Phi) is 6.83. The summed E-state index contributed by atoms with van der Waals surface area (Å²) in [4.78, 5) is 16.7. The second-order valence-corrected chi connectivity index (χ2v) is 8.20. The summed E-state index contributed by atoms with van der Waals surface area (Å²) in [6.07, 6.45) is 3.37. The fourth-order valence-electron chi connectivity index (χ4n) is 3.04. The lowest BCUT2D eigenvalue weighted by Gasteiger charge is -2.16. The third kappa shape index (κ3) is 6.03. The van der Waals surface area contributed by atoms with Crippen LogP contribution >= 0.6 is 11.3 Å². The van der Waals surface area contributed by atoms with E-state index >= 15 is 0 Å². The highest BCUT2D eigenvalue weighted by molar-refractivity contribution is 7.09. The summed E-state index contributed by atoms with van der Waals surface area (Å²) in [7, 11) is 0. The highest BCUT2D eigenvalue weighted by Crippen LogP contribution is 2.19. The number of nitrogens with zero attached hydrogens (tertiary/aromatic N) is 1. The maximum atomic E-state index is 12.3. The molecule has 1 N–H and O–H groups in total. The molecule has 1 amide bonds. The van der Waals surface area contributed by atoms with Crippen molar-refractivity contribution in [2.24, 2.45) is 0 Å². The molecule has 1 aromatic heterocycles. The zero-order valence-electron chi connectivity index (χ0n) is 17.2. The summed E-state index contributed by atoms with van der Waals surface area (Å²) < 4.78 is 5.75. The number of hydrogen-bond acceptors (Lipinski definition) is 4. The van der Waals surface area contributed by atoms with E-state index in [1.165, 1.54) is 11.1 Å². The number of benzene rings is 2. The quantitative estimate of drug-likeness (QED) is 0.524. The van der Waals surface area contributed by atoms with Crippen molar-refractivity contribution in [2.45, 2.75) is 40.3 Å². The summed E-state index contributed by atoms with van der Waals surface area (Å²) >= 11 is 1.62. The molecule has 29 heavy (non-hydrogen) atoms. The lowest BCUT2D eigenvalue weighted by molar-refractivity contribution is -0.117. The molecule has 2 aromatic carbocycles. The third-order valence-electron chi connectivity index (χ3n) is 4.62. The number of nitrogens with one attached hydrogen (secondary N) is 1. The van der Waals surface area contributed by atoms with E-state index in [1.54, 1.807) is 23.5 Å². The Labute approximate surface area is 176 Å². The Morgan fingerprint density at radius 1 is 1.17 bits per heavy atom. The zero-order chi connectivity index (χ0) is 20.8. The second kappa shape index (κ2) is 9.52. The molecular weight excluding hydrogens is 380 g/mol. The highest BCUT2D eigenvalue weighted by Gasteiger charge is 2.10. The van der Waals surface area contributed by atoms with Crippen LogP contribution in [0.25, 0.3) is 6.08 Å². The summed E-state index contributed by atoms with van der Waals surface area (Å²) in [5.41, 5.74) is 5.39. The molecule has 0 aliphatic heterocycles. The first-order valence-electron chi connectivity index (χ1n) is 9.60. The molecular formula is C24H26N2O2S. The van der Waals surface area contributed by atoms with Gasteiger partial charge in [-0.05, 0) is 62.6 Å². The van der Waals surface area contributed by atoms with E-state index in [-0.39, 0.29) is 11.9 Å². The molecule has 0 spiro atoms. The first kappa shape index (κ1) is 20.8. The monoisotopic (exact) mass is 406 g/mol. The molecule has 1 heterocycles. The van der Waals surface area contributed by atoms with E-state index in [4.69, 9.17) is 4.74 Å². The molecule has 4 nitrogen and oxygen atoms in total. The van der Waals surface area contributed by atoms with Gasteiger partial charge in [0.25, 0.3) is 0 Å². The minimum atomic E-state index is -0.113. The molecule has 0 aliphatic carbocycles. The van der Waals surface area contributed by atoms with Crippen molar-refractivity contribution in [2.75, 3.05) is 0 Å². The molecule has 0 radical (unpaired) electrons. The van der Waals surface area contributed by atoms with Crippen LogP contribution in [0.5, 0.6) is 5.75 Å². The third-order valence-corrected chi connectivity index (χ3v) is 5.44. The normalized spacial score (nSPS) is 12.1. The van der Waals surface area contributed by atoms with Crippen molar-refractivity contribution in [3.8, 4) is 5.75 Å². The number of carbonyl (C=O) groups is 1. The number of rotatable bonds is 7. The molecule has 1 unspecified atom stereocenters. The topological polar surface area (TPSA) is 51.2 Å². The zero-order valence-corrected chi connectivity index (χ0v) is 18.0. The molecule has 5 heteroatoms. The molecule has 0 aliphatic rings. The molecule has 150 valence electrons. The van der Waals surface area contributed by atoms with Crippen LogP contribution in [-0.4, -0.2) is 10.9 Å². The smallest absolute Gasteiger partial charge is 0.244 e. The standard InChI is InChI=1S/C24H26N2O2S/c1-16-5-6-17(2)23(13-16)18(3)25-24(27)12-9-20-7-10-22(11-8-20)28-14-21-15-29-19(4)26-21/h5-13,15,18H,14H2,1-4H3,(H,25,27)/b12-9+. The average Bonchev–Trinajstić information content (AvgIpc) is 3.12. The van der Waals surface area contributed by atoms with Gasteiger partial charge in [-0.1, -0.05) is 35.9 Å². The van der Waals surface area contributed by atoms with Gasteiger partial charge in [0.2, 0.25) is 5.91 Å². The molecule has 3 aromatic rings. The molecule has 0 saturated carbocycles. The van der Waals surface area contributed by atoms with E-state index < -0.39 is 0 Å². The van der Waals surface area contributed by atoms with Crippen LogP contribution in [-0.2, 0) is 11.4 Å². The number of hydrogen-bond donors (Lipinski definition) is 1. The van der Waals surface area contributed by atoms with E-state index in [0.717, 1.165) is 27.6 Å². The van der Waals surface area contributed by atoms with Gasteiger partial charge in [0, 0.05) is 11.5 Å². The van der Waals surface area contributed by atoms with Gasteiger partial charge in [0.05, 0.1) is 16.7 Å². The van der Waals surface area contributed by atoms with Crippen LogP contribution in [0, 0.1) is 20.8 Å². The summed E-state index contributed by atoms with van der Waals surface area (Å²) in [5, 5.41) is 6.07. The molecule has 1 atom stereocenters. The fraction of sp³-hybridized carbons (Fsp3) is 0.250. The first-order chi connectivity index (χ1) is 13.9. The van der Waals surface area contributed by atoms with Gasteiger partial charge >= 0.3 is 0 Å². The van der Waals surface area contributed by atoms with Gasteiger partial charge in [-0.25, -0.2) is 4.98 Å². The largest absolute Gasteiger partial charge is 0.487 e. The maximum Gasteiger partial charge on any atom is 0.244 e. The molecule has 0 bridgehead atoms. The lowest BCUT2D eigenvalue weighted by Crippen LogP contribution is -2.25. The Balaban J connectivity index is 1.53. The Hall–Kier alpha value is -2.92. The van der Waals surface area contributed by atoms with Crippen molar-refractivity contribution in [1.29, 1.82) is 0 Å². The number of aromatic nitrogens is 1. The van der Waals surface area contributed by atoms with Gasteiger partial charge in [0.1, 0.15) is 12.4 Å². The Morgan fingerprint density at radius 3 is 2.62 bits per heavy atom. The van der Waals surface area contributed by atoms with Gasteiger partial charge < -0.3 is 10.1 Å². The van der Waals surface area contributed by atoms with E-state index in [9.17, 15) is 4.79 Å². The molecule has 0 saturated heterocycles. The number of carbonyl (C=O) groups excluding carboxylic acids is 1. The molecule has 3 rings (SSSR count). The highest BCUT2D eigenvalue weighted by atomic mass is 32.1. The predicted octanol–water partition coefficient (Wildman–Crippen LogP) is 5.54. The van der Waals surface area contributed by atoms with Crippen LogP contribution in [0.15, 0.2) is 53.9 Å². The lowest BCUT2D eigenvalue weighted by atomic mass is 10.00. The number of ether oxygens (including phenoxy) is 1. The first-order valence-corrected chi connectivity index (χ1v) is 10.5. The van der Waals surface area contributed by atoms with Crippen molar-refractivity contribution in [3.63, 3.8) is 0 Å². The van der Waals surface area contributed by atoms with Crippen molar-refractivity contribution < 1.29 is 9.53 Å². The van der Waals surface area contributed by atoms with Crippen LogP contribution in [0.2, 0.25) is 0 Å². The minimum absolute atomic E-state index is 0.0443. The van der Waals surface area contributed by atoms with E-state index in [2.05, 4.69) is 42.3 Å². The summed E-state index contributed by atoms with van der Waals surface area (Å²) in [6.45, 7) is 8.56. The number of amides is 1. The predicted molar refractivity (Wildman–Crippen MR) is 119 cm³/mol. The average molecular weight is 407 g/mol. The SMILES string of the molecule is Cc1ccc(C)c(C(C)NC(=O)/C=C/c2ccc(OCc3csc(C)n3)cc2)c1. The molecule has 0 fully saturated rings. The van der Waals surface area contributed by atoms with Gasteiger partial charge in [-0.2, -0.15) is 0 Å². The second-order valence-electron chi connectivity index (χ2n) is 7.14. The van der Waals surface area contributed by atoms with Gasteiger partial charge in [0.15, 0.2) is 0 Å². The summed E-state index contributed by atoms with van der Waals surface area (Å²) in [6, 6.07) is 13.9. The van der Waals surface area contributed by atoms with Gasteiger partial charge in [-0.15, -0.1) is 11.3 Å². The number of aryl methyl sites for hydroxylation is 3. The van der Waals surface area contributed by atoms with Crippen LogP contribution < -0.4 is 10.1 Å². The minimum Gasteiger partial charge on any atom is -0.487 e. The van der Waals surface area contributed by atoms with Crippen molar-refractivity contribution in [3.05, 3.63) is 86.9 Å². The van der Waals surface area contributed by atoms with Crippen molar-refractivity contribution in [1.82, 2.24) is 10.3 Å². The summed E-state index contributed by atoms with van der Waals surface area (Å²) in [5.74, 6) is 0.665. The Bertz CT molecular complexity index is 1010. The van der Waals surface area contributed by atoms with Gasteiger partial charge in [-0.3, -0.25) is 4.79 Å². The van der Waals surface area contributed by atoms with Crippen LogP contribution in [0.3, 0.4) is 0 Å². The van der Waals surface area contributed by atoms with Crippen molar-refractivity contribution >= 4 is 23.3 Å². The van der Waals surface area contributed by atoms with E-state index in [0.29, 0.717) is 6.61 Å². The number of thiazole rings is 1. The van der Waals surface area contributed by atoms with Crippen LogP contribution in [0.4, 0.5) is 0 Å². The Morgan fingerprint density at radius 2 is 1.93 bits per heavy atom. The fourth-order valence-corrected chi connectivity index (χ4v) is 3.64. The van der Waals surface area contributed by atoms with E-state index in [1.807, 2.05) is 43.5 Å². The van der Waals surface area contributed by atoms with Crippen LogP contribution in [0.1, 0.15) is 45.9 Å². The maximum absolute atomic E-state index is 12.3.